The van der Waals surface area contributed by atoms with Crippen molar-refractivity contribution in [2.45, 2.75) is 31.9 Å². The highest BCUT2D eigenvalue weighted by Gasteiger charge is 2.31. The van der Waals surface area contributed by atoms with Crippen LogP contribution in [0, 0.1) is 11.6 Å². The van der Waals surface area contributed by atoms with Gasteiger partial charge in [0.2, 0.25) is 0 Å². The van der Waals surface area contributed by atoms with Gasteiger partial charge in [-0.1, -0.05) is 6.92 Å². The molecular formula is C13H17F2NO. The zero-order valence-electron chi connectivity index (χ0n) is 10.1. The number of nitrogens with one attached hydrogen (secondary N) is 1. The average Bonchev–Trinajstić information content (AvgIpc) is 2.34. The molecule has 1 aliphatic heterocycles. The summed E-state index contributed by atoms with van der Waals surface area (Å²) in [6, 6.07) is 3.46. The molecule has 94 valence electrons. The van der Waals surface area contributed by atoms with Gasteiger partial charge in [-0.15, -0.1) is 0 Å². The Morgan fingerprint density at radius 1 is 1.47 bits per heavy atom. The maximum Gasteiger partial charge on any atom is 0.129 e. The van der Waals surface area contributed by atoms with Crippen LogP contribution in [0.4, 0.5) is 8.78 Å². The second-order valence-corrected chi connectivity index (χ2v) is 4.76. The van der Waals surface area contributed by atoms with Crippen molar-refractivity contribution in [3.05, 3.63) is 35.4 Å². The van der Waals surface area contributed by atoms with Crippen LogP contribution in [0.15, 0.2) is 18.2 Å². The lowest BCUT2D eigenvalue weighted by molar-refractivity contribution is -0.0315. The molecule has 0 aliphatic carbocycles. The molecule has 1 N–H and O–H groups in total. The number of hydrogen-bond acceptors (Lipinski definition) is 2. The van der Waals surface area contributed by atoms with Crippen molar-refractivity contribution < 1.29 is 13.5 Å². The summed E-state index contributed by atoms with van der Waals surface area (Å²) < 4.78 is 32.3. The molecule has 2 rings (SSSR count). The molecule has 17 heavy (non-hydrogen) atoms. The van der Waals surface area contributed by atoms with Gasteiger partial charge in [0.15, 0.2) is 0 Å². The fraction of sp³-hybridized carbons (Fsp3) is 0.538. The Labute approximate surface area is 100.0 Å². The van der Waals surface area contributed by atoms with Gasteiger partial charge in [0.1, 0.15) is 11.6 Å². The molecule has 2 unspecified atom stereocenters. The van der Waals surface area contributed by atoms with Crippen LogP contribution in [0.2, 0.25) is 0 Å². The summed E-state index contributed by atoms with van der Waals surface area (Å²) in [4.78, 5) is 0. The third kappa shape index (κ3) is 2.64. The molecule has 2 nitrogen and oxygen atoms in total. The summed E-state index contributed by atoms with van der Waals surface area (Å²) in [7, 11) is 0. The molecule has 0 amide bonds. The molecule has 1 aromatic rings. The van der Waals surface area contributed by atoms with E-state index in [0.29, 0.717) is 13.2 Å². The highest BCUT2D eigenvalue weighted by Crippen LogP contribution is 2.27. The predicted octanol–water partition coefficient (Wildman–Crippen LogP) is 2.79. The summed E-state index contributed by atoms with van der Waals surface area (Å²) >= 11 is 0. The maximum atomic E-state index is 13.6. The van der Waals surface area contributed by atoms with E-state index >= 15 is 0 Å². The highest BCUT2D eigenvalue weighted by molar-refractivity contribution is 5.22. The maximum absolute atomic E-state index is 13.6. The number of rotatable bonds is 2. The molecule has 1 aromatic carbocycles. The van der Waals surface area contributed by atoms with Crippen LogP contribution in [0.25, 0.3) is 0 Å². The molecule has 0 aromatic heterocycles. The predicted molar refractivity (Wildman–Crippen MR) is 61.7 cm³/mol. The van der Waals surface area contributed by atoms with Crippen LogP contribution in [0.5, 0.6) is 0 Å². The number of halogens is 2. The molecule has 4 heteroatoms. The second-order valence-electron chi connectivity index (χ2n) is 4.76. The first-order valence-corrected chi connectivity index (χ1v) is 5.86. The minimum Gasteiger partial charge on any atom is -0.370 e. The standard InChI is InChI=1S/C13H17F2NO/c1-3-13(2)8-17-12(7-16-13)10-6-9(14)4-5-11(10)15/h4-6,12,16H,3,7-8H2,1-2H3. The average molecular weight is 241 g/mol. The number of benzene rings is 1. The molecule has 1 saturated heterocycles. The van der Waals surface area contributed by atoms with Gasteiger partial charge in [-0.05, 0) is 31.5 Å². The van der Waals surface area contributed by atoms with E-state index in [4.69, 9.17) is 4.74 Å². The summed E-state index contributed by atoms with van der Waals surface area (Å²) in [6.07, 6.45) is 0.524. The minimum absolute atomic E-state index is 0.0691. The van der Waals surface area contributed by atoms with Crippen molar-refractivity contribution in [2.24, 2.45) is 0 Å². The lowest BCUT2D eigenvalue weighted by Crippen LogP contribution is -2.52. The largest absolute Gasteiger partial charge is 0.370 e. The Hall–Kier alpha value is -1.00. The molecule has 0 saturated carbocycles. The summed E-state index contributed by atoms with van der Waals surface area (Å²) in [6.45, 7) is 5.14. The van der Waals surface area contributed by atoms with Gasteiger partial charge in [0, 0.05) is 17.6 Å². The van der Waals surface area contributed by atoms with Crippen molar-refractivity contribution in [1.82, 2.24) is 5.32 Å². The molecule has 1 aliphatic rings. The van der Waals surface area contributed by atoms with E-state index in [1.54, 1.807) is 0 Å². The number of hydrogen-bond donors (Lipinski definition) is 1. The minimum atomic E-state index is -0.436. The molecule has 2 atom stereocenters. The normalized spacial score (nSPS) is 29.3. The zero-order valence-corrected chi connectivity index (χ0v) is 10.1. The van der Waals surface area contributed by atoms with Crippen molar-refractivity contribution in [2.75, 3.05) is 13.2 Å². The summed E-state index contributed by atoms with van der Waals surface area (Å²) in [5.41, 5.74) is 0.218. The lowest BCUT2D eigenvalue weighted by Gasteiger charge is -2.38. The molecule has 0 radical (unpaired) electrons. The van der Waals surface area contributed by atoms with Gasteiger partial charge in [0.25, 0.3) is 0 Å². The Morgan fingerprint density at radius 2 is 2.24 bits per heavy atom. The topological polar surface area (TPSA) is 21.3 Å². The van der Waals surface area contributed by atoms with Crippen LogP contribution >= 0.6 is 0 Å². The van der Waals surface area contributed by atoms with Crippen LogP contribution in [-0.2, 0) is 4.74 Å². The molecule has 1 fully saturated rings. The fourth-order valence-corrected chi connectivity index (χ4v) is 1.92. The van der Waals surface area contributed by atoms with E-state index in [1.165, 1.54) is 6.07 Å². The molecular weight excluding hydrogens is 224 g/mol. The Kier molecular flexibility index (Phi) is 3.45. The van der Waals surface area contributed by atoms with Crippen molar-refractivity contribution in [3.63, 3.8) is 0 Å². The smallest absolute Gasteiger partial charge is 0.129 e. The van der Waals surface area contributed by atoms with Crippen LogP contribution in [-0.4, -0.2) is 18.7 Å². The van der Waals surface area contributed by atoms with Crippen LogP contribution in [0.3, 0.4) is 0 Å². The quantitative estimate of drug-likeness (QED) is 0.859. The van der Waals surface area contributed by atoms with E-state index < -0.39 is 17.7 Å². The van der Waals surface area contributed by atoms with Gasteiger partial charge in [-0.2, -0.15) is 0 Å². The molecule has 0 spiro atoms. The highest BCUT2D eigenvalue weighted by atomic mass is 19.1. The van der Waals surface area contributed by atoms with E-state index in [1.807, 2.05) is 0 Å². The van der Waals surface area contributed by atoms with Gasteiger partial charge in [0.05, 0.1) is 12.7 Å². The van der Waals surface area contributed by atoms with E-state index in [0.717, 1.165) is 18.6 Å². The lowest BCUT2D eigenvalue weighted by atomic mass is 9.96. The van der Waals surface area contributed by atoms with Crippen molar-refractivity contribution in [3.8, 4) is 0 Å². The zero-order chi connectivity index (χ0) is 12.5. The summed E-state index contributed by atoms with van der Waals surface area (Å²) in [5, 5.41) is 3.33. The van der Waals surface area contributed by atoms with Gasteiger partial charge < -0.3 is 10.1 Å². The van der Waals surface area contributed by atoms with Gasteiger partial charge in [-0.3, -0.25) is 0 Å². The van der Waals surface area contributed by atoms with Crippen molar-refractivity contribution in [1.29, 1.82) is 0 Å². The summed E-state index contributed by atoms with van der Waals surface area (Å²) in [5.74, 6) is -0.855. The first-order chi connectivity index (χ1) is 8.04. The van der Waals surface area contributed by atoms with Gasteiger partial charge >= 0.3 is 0 Å². The van der Waals surface area contributed by atoms with Crippen molar-refractivity contribution >= 4 is 0 Å². The van der Waals surface area contributed by atoms with E-state index in [9.17, 15) is 8.78 Å². The number of ether oxygens (including phenoxy) is 1. The van der Waals surface area contributed by atoms with E-state index in [-0.39, 0.29) is 11.1 Å². The molecule has 0 bridgehead atoms. The fourth-order valence-electron chi connectivity index (χ4n) is 1.92. The Morgan fingerprint density at radius 3 is 2.82 bits per heavy atom. The third-order valence-corrected chi connectivity index (χ3v) is 3.40. The first-order valence-electron chi connectivity index (χ1n) is 5.86. The van der Waals surface area contributed by atoms with Crippen LogP contribution < -0.4 is 5.32 Å². The third-order valence-electron chi connectivity index (χ3n) is 3.40. The van der Waals surface area contributed by atoms with Crippen LogP contribution in [0.1, 0.15) is 31.9 Å². The Balaban J connectivity index is 2.13. The Bertz CT molecular complexity index is 400. The first kappa shape index (κ1) is 12.5. The van der Waals surface area contributed by atoms with E-state index in [2.05, 4.69) is 19.2 Å². The van der Waals surface area contributed by atoms with Gasteiger partial charge in [-0.25, -0.2) is 8.78 Å². The SMILES string of the molecule is CCC1(C)COC(c2cc(F)ccc2F)CN1. The number of morpholine rings is 1. The second kappa shape index (κ2) is 4.70. The molecule has 1 heterocycles. The monoisotopic (exact) mass is 241 g/mol.